The Morgan fingerprint density at radius 2 is 1.82 bits per heavy atom. The molecule has 0 aromatic carbocycles. The van der Waals surface area contributed by atoms with Gasteiger partial charge in [-0.3, -0.25) is 0 Å². The van der Waals surface area contributed by atoms with Crippen molar-refractivity contribution >= 4 is 5.82 Å². The maximum absolute atomic E-state index is 11.9. The fourth-order valence-electron chi connectivity index (χ4n) is 1.88. The number of ether oxygens (including phenoxy) is 1. The number of aromatic nitrogens is 1. The van der Waals surface area contributed by atoms with Gasteiger partial charge in [-0.15, -0.1) is 13.2 Å². The van der Waals surface area contributed by atoms with Crippen LogP contribution in [0, 0.1) is 0 Å². The van der Waals surface area contributed by atoms with Crippen molar-refractivity contribution in [3.63, 3.8) is 0 Å². The second-order valence-electron chi connectivity index (χ2n) is 3.95. The Bertz CT molecular complexity index is 358. The van der Waals surface area contributed by atoms with E-state index < -0.39 is 6.36 Å². The fourth-order valence-corrected chi connectivity index (χ4v) is 1.88. The summed E-state index contributed by atoms with van der Waals surface area (Å²) >= 11 is 0. The van der Waals surface area contributed by atoms with Crippen LogP contribution < -0.4 is 9.64 Å². The molecular weight excluding hydrogens is 233 g/mol. The summed E-state index contributed by atoms with van der Waals surface area (Å²) < 4.78 is 39.6. The van der Waals surface area contributed by atoms with Crippen molar-refractivity contribution < 1.29 is 17.9 Å². The van der Waals surface area contributed by atoms with Gasteiger partial charge < -0.3 is 9.64 Å². The Hall–Kier alpha value is -1.46. The minimum absolute atomic E-state index is 0.279. The van der Waals surface area contributed by atoms with Crippen LogP contribution in [0.5, 0.6) is 5.75 Å². The molecule has 17 heavy (non-hydrogen) atoms. The number of hydrogen-bond acceptors (Lipinski definition) is 3. The number of nitrogens with zero attached hydrogens (tertiary/aromatic N) is 2. The maximum atomic E-state index is 11.9. The SMILES string of the molecule is FC(F)(F)Oc1ccc(N2CCCCC2)nc1. The third kappa shape index (κ3) is 3.51. The highest BCUT2D eigenvalue weighted by molar-refractivity contribution is 5.41. The minimum atomic E-state index is -4.66. The Morgan fingerprint density at radius 1 is 1.12 bits per heavy atom. The standard InChI is InChI=1S/C11H13F3N2O/c12-11(13,14)17-9-4-5-10(15-8-9)16-6-2-1-3-7-16/h4-5,8H,1-3,6-7H2. The summed E-state index contributed by atoms with van der Waals surface area (Å²) in [5.41, 5.74) is 0. The number of rotatable bonds is 2. The molecule has 2 rings (SSSR count). The van der Waals surface area contributed by atoms with Gasteiger partial charge in [-0.1, -0.05) is 0 Å². The zero-order valence-electron chi connectivity index (χ0n) is 9.20. The first-order valence-electron chi connectivity index (χ1n) is 5.51. The lowest BCUT2D eigenvalue weighted by Crippen LogP contribution is -2.30. The van der Waals surface area contributed by atoms with Crippen LogP contribution in [0.4, 0.5) is 19.0 Å². The summed E-state index contributed by atoms with van der Waals surface area (Å²) in [6, 6.07) is 2.86. The molecule has 1 aliphatic rings. The van der Waals surface area contributed by atoms with Crippen molar-refractivity contribution in [2.75, 3.05) is 18.0 Å². The molecule has 0 bridgehead atoms. The summed E-state index contributed by atoms with van der Waals surface area (Å²) in [5.74, 6) is 0.428. The van der Waals surface area contributed by atoms with E-state index in [1.807, 2.05) is 0 Å². The fraction of sp³-hybridized carbons (Fsp3) is 0.545. The predicted octanol–water partition coefficient (Wildman–Crippen LogP) is 2.97. The van der Waals surface area contributed by atoms with E-state index >= 15 is 0 Å². The molecule has 0 N–H and O–H groups in total. The van der Waals surface area contributed by atoms with Gasteiger partial charge in [0.1, 0.15) is 11.6 Å². The molecule has 1 aromatic rings. The maximum Gasteiger partial charge on any atom is 0.573 e. The lowest BCUT2D eigenvalue weighted by atomic mass is 10.1. The lowest BCUT2D eigenvalue weighted by Gasteiger charge is -2.27. The molecule has 1 aromatic heterocycles. The van der Waals surface area contributed by atoms with Crippen LogP contribution in [0.25, 0.3) is 0 Å². The number of piperidine rings is 1. The number of alkyl halides is 3. The van der Waals surface area contributed by atoms with Gasteiger partial charge in [-0.05, 0) is 31.4 Å². The third-order valence-corrected chi connectivity index (χ3v) is 2.63. The Morgan fingerprint density at radius 3 is 2.35 bits per heavy atom. The second-order valence-corrected chi connectivity index (χ2v) is 3.95. The molecule has 1 aliphatic heterocycles. The van der Waals surface area contributed by atoms with Crippen molar-refractivity contribution in [1.29, 1.82) is 0 Å². The predicted molar refractivity (Wildman–Crippen MR) is 57.0 cm³/mol. The van der Waals surface area contributed by atoms with E-state index in [1.165, 1.54) is 12.5 Å². The van der Waals surface area contributed by atoms with E-state index in [-0.39, 0.29) is 5.75 Å². The summed E-state index contributed by atoms with van der Waals surface area (Å²) in [6.07, 6.45) is -0.150. The average Bonchev–Trinajstić information content (AvgIpc) is 2.29. The number of halogens is 3. The van der Waals surface area contributed by atoms with Gasteiger partial charge in [0.05, 0.1) is 6.20 Å². The molecule has 0 unspecified atom stereocenters. The van der Waals surface area contributed by atoms with Crippen molar-refractivity contribution in [2.45, 2.75) is 25.6 Å². The molecule has 0 radical (unpaired) electrons. The van der Waals surface area contributed by atoms with Crippen molar-refractivity contribution in [3.05, 3.63) is 18.3 Å². The molecule has 94 valence electrons. The van der Waals surface area contributed by atoms with Crippen LogP contribution in [0.3, 0.4) is 0 Å². The van der Waals surface area contributed by atoms with E-state index in [4.69, 9.17) is 0 Å². The molecule has 1 fully saturated rings. The smallest absolute Gasteiger partial charge is 0.404 e. The molecule has 0 atom stereocenters. The first-order valence-corrected chi connectivity index (χ1v) is 5.51. The van der Waals surface area contributed by atoms with Gasteiger partial charge in [0.15, 0.2) is 0 Å². The summed E-state index contributed by atoms with van der Waals surface area (Å²) in [4.78, 5) is 6.06. The molecular formula is C11H13F3N2O. The Balaban J connectivity index is 2.02. The van der Waals surface area contributed by atoms with Crippen LogP contribution >= 0.6 is 0 Å². The van der Waals surface area contributed by atoms with Crippen molar-refractivity contribution in [2.24, 2.45) is 0 Å². The number of pyridine rings is 1. The Labute approximate surface area is 97.2 Å². The van der Waals surface area contributed by atoms with Crippen LogP contribution in [0.15, 0.2) is 18.3 Å². The van der Waals surface area contributed by atoms with E-state index in [0.29, 0.717) is 5.82 Å². The third-order valence-electron chi connectivity index (χ3n) is 2.63. The minimum Gasteiger partial charge on any atom is -0.404 e. The highest BCUT2D eigenvalue weighted by Gasteiger charge is 2.31. The lowest BCUT2D eigenvalue weighted by molar-refractivity contribution is -0.274. The normalized spacial score (nSPS) is 17.0. The van der Waals surface area contributed by atoms with Crippen LogP contribution in [-0.2, 0) is 0 Å². The largest absolute Gasteiger partial charge is 0.573 e. The van der Waals surface area contributed by atoms with Crippen molar-refractivity contribution in [1.82, 2.24) is 4.98 Å². The molecule has 0 saturated carbocycles. The first-order chi connectivity index (χ1) is 8.04. The zero-order chi connectivity index (χ0) is 12.3. The van der Waals surface area contributed by atoms with Gasteiger partial charge in [0.25, 0.3) is 0 Å². The Kier molecular flexibility index (Phi) is 3.40. The summed E-state index contributed by atoms with van der Waals surface area (Å²) in [6.45, 7) is 1.82. The van der Waals surface area contributed by atoms with Crippen LogP contribution in [0.2, 0.25) is 0 Å². The van der Waals surface area contributed by atoms with Crippen molar-refractivity contribution in [3.8, 4) is 5.75 Å². The number of hydrogen-bond donors (Lipinski definition) is 0. The van der Waals surface area contributed by atoms with E-state index in [0.717, 1.165) is 32.1 Å². The van der Waals surface area contributed by atoms with Gasteiger partial charge in [-0.25, -0.2) is 4.98 Å². The van der Waals surface area contributed by atoms with Gasteiger partial charge in [0.2, 0.25) is 0 Å². The van der Waals surface area contributed by atoms with E-state index in [9.17, 15) is 13.2 Å². The second kappa shape index (κ2) is 4.81. The summed E-state index contributed by atoms with van der Waals surface area (Å²) in [5, 5.41) is 0. The van der Waals surface area contributed by atoms with Gasteiger partial charge in [-0.2, -0.15) is 0 Å². The molecule has 0 amide bonds. The quantitative estimate of drug-likeness (QED) is 0.802. The molecule has 0 aliphatic carbocycles. The molecule has 2 heterocycles. The first kappa shape index (κ1) is 12.0. The van der Waals surface area contributed by atoms with Gasteiger partial charge >= 0.3 is 6.36 Å². The van der Waals surface area contributed by atoms with E-state index in [2.05, 4.69) is 14.6 Å². The molecule has 3 nitrogen and oxygen atoms in total. The molecule has 1 saturated heterocycles. The topological polar surface area (TPSA) is 25.4 Å². The van der Waals surface area contributed by atoms with Crippen LogP contribution in [-0.4, -0.2) is 24.4 Å². The zero-order valence-corrected chi connectivity index (χ0v) is 9.20. The van der Waals surface area contributed by atoms with Gasteiger partial charge in [0, 0.05) is 13.1 Å². The monoisotopic (exact) mass is 246 g/mol. The molecule has 0 spiro atoms. The van der Waals surface area contributed by atoms with Crippen LogP contribution in [0.1, 0.15) is 19.3 Å². The van der Waals surface area contributed by atoms with E-state index in [1.54, 1.807) is 6.07 Å². The highest BCUT2D eigenvalue weighted by atomic mass is 19.4. The number of anilines is 1. The highest BCUT2D eigenvalue weighted by Crippen LogP contribution is 2.24. The molecule has 6 heteroatoms. The average molecular weight is 246 g/mol. The summed E-state index contributed by atoms with van der Waals surface area (Å²) in [7, 11) is 0.